The van der Waals surface area contributed by atoms with Crippen molar-refractivity contribution in [2.45, 2.75) is 5.41 Å². The van der Waals surface area contributed by atoms with E-state index in [4.69, 9.17) is 22.9 Å². The van der Waals surface area contributed by atoms with E-state index < -0.39 is 5.41 Å². The molecule has 0 bridgehead atoms. The smallest absolute Gasteiger partial charge is 0.0781 e. The van der Waals surface area contributed by atoms with Crippen molar-refractivity contribution in [2.24, 2.45) is 0 Å². The van der Waals surface area contributed by atoms with Gasteiger partial charge < -0.3 is 22.9 Å². The van der Waals surface area contributed by atoms with Crippen LogP contribution in [0.4, 0.5) is 22.7 Å². The zero-order valence-electron chi connectivity index (χ0n) is 16.0. The van der Waals surface area contributed by atoms with Crippen LogP contribution in [0.25, 0.3) is 0 Å². The molecule has 0 spiro atoms. The summed E-state index contributed by atoms with van der Waals surface area (Å²) in [5, 5.41) is 0. The van der Waals surface area contributed by atoms with Crippen molar-refractivity contribution < 1.29 is 0 Å². The van der Waals surface area contributed by atoms with E-state index in [1.165, 1.54) is 0 Å². The van der Waals surface area contributed by atoms with Crippen molar-refractivity contribution in [3.63, 3.8) is 0 Å². The lowest BCUT2D eigenvalue weighted by Gasteiger charge is -2.39. The van der Waals surface area contributed by atoms with Gasteiger partial charge in [-0.15, -0.1) is 0 Å². The van der Waals surface area contributed by atoms with Crippen LogP contribution in [-0.2, 0) is 5.41 Å². The molecular weight excluding hydrogens is 356 g/mol. The van der Waals surface area contributed by atoms with Gasteiger partial charge in [0.25, 0.3) is 0 Å². The fourth-order valence-corrected chi connectivity index (χ4v) is 4.22. The zero-order valence-corrected chi connectivity index (χ0v) is 16.0. The predicted octanol–water partition coefficient (Wildman–Crippen LogP) is 4.40. The van der Waals surface area contributed by atoms with Gasteiger partial charge in [-0.3, -0.25) is 0 Å². The largest absolute Gasteiger partial charge is 0.398 e. The van der Waals surface area contributed by atoms with Crippen molar-refractivity contribution in [3.8, 4) is 0 Å². The second kappa shape index (κ2) is 7.24. The first-order valence-corrected chi connectivity index (χ1v) is 9.46. The maximum Gasteiger partial charge on any atom is 0.0781 e. The number of nitrogen functional groups attached to an aromatic ring is 4. The summed E-state index contributed by atoms with van der Waals surface area (Å²) >= 11 is 0. The fourth-order valence-electron chi connectivity index (χ4n) is 4.22. The number of benzene rings is 4. The number of nitrogens with two attached hydrogens (primary N) is 4. The molecule has 0 aliphatic rings. The highest BCUT2D eigenvalue weighted by Crippen LogP contribution is 2.51. The lowest BCUT2D eigenvalue weighted by atomic mass is 9.63. The fraction of sp³-hybridized carbons (Fsp3) is 0.0400. The van der Waals surface area contributed by atoms with Crippen LogP contribution >= 0.6 is 0 Å². The number of hydrogen-bond acceptors (Lipinski definition) is 4. The Hall–Kier alpha value is -3.92. The van der Waals surface area contributed by atoms with Gasteiger partial charge >= 0.3 is 0 Å². The Bertz CT molecular complexity index is 979. The SMILES string of the molecule is Nc1ccccc1C(c1ccccc1N)(c1ccccc1N)c1ccccc1N. The number of rotatable bonds is 4. The molecule has 0 aliphatic heterocycles. The molecule has 4 aromatic rings. The van der Waals surface area contributed by atoms with Gasteiger partial charge in [-0.2, -0.15) is 0 Å². The van der Waals surface area contributed by atoms with Crippen LogP contribution in [0.1, 0.15) is 22.3 Å². The van der Waals surface area contributed by atoms with Gasteiger partial charge in [0.05, 0.1) is 5.41 Å². The Morgan fingerprint density at radius 3 is 0.759 bits per heavy atom. The summed E-state index contributed by atoms with van der Waals surface area (Å²) in [6.45, 7) is 0. The first kappa shape index (κ1) is 18.4. The van der Waals surface area contributed by atoms with Crippen molar-refractivity contribution in [3.05, 3.63) is 119 Å². The van der Waals surface area contributed by atoms with Crippen LogP contribution in [0.2, 0.25) is 0 Å². The topological polar surface area (TPSA) is 104 Å². The van der Waals surface area contributed by atoms with Gasteiger partial charge in [0.1, 0.15) is 0 Å². The Morgan fingerprint density at radius 1 is 0.345 bits per heavy atom. The summed E-state index contributed by atoms with van der Waals surface area (Å²) in [7, 11) is 0. The molecule has 29 heavy (non-hydrogen) atoms. The summed E-state index contributed by atoms with van der Waals surface area (Å²) in [6.07, 6.45) is 0. The summed E-state index contributed by atoms with van der Waals surface area (Å²) in [4.78, 5) is 0. The van der Waals surface area contributed by atoms with E-state index in [0.717, 1.165) is 22.3 Å². The van der Waals surface area contributed by atoms with Crippen LogP contribution < -0.4 is 22.9 Å². The highest BCUT2D eigenvalue weighted by atomic mass is 14.7. The summed E-state index contributed by atoms with van der Waals surface area (Å²) in [6, 6.07) is 31.2. The molecule has 0 radical (unpaired) electrons. The van der Waals surface area contributed by atoms with Crippen molar-refractivity contribution >= 4 is 22.7 Å². The maximum absolute atomic E-state index is 6.55. The molecule has 0 aromatic heterocycles. The predicted molar refractivity (Wildman–Crippen MR) is 122 cm³/mol. The van der Waals surface area contributed by atoms with Crippen LogP contribution in [0.5, 0.6) is 0 Å². The van der Waals surface area contributed by atoms with E-state index in [0.29, 0.717) is 22.7 Å². The molecule has 4 aromatic carbocycles. The summed E-state index contributed by atoms with van der Waals surface area (Å²) in [5.41, 5.74) is 31.4. The molecule has 4 heteroatoms. The van der Waals surface area contributed by atoms with E-state index in [1.807, 2.05) is 97.1 Å². The Kier molecular flexibility index (Phi) is 4.61. The molecule has 0 unspecified atom stereocenters. The van der Waals surface area contributed by atoms with E-state index in [1.54, 1.807) is 0 Å². The molecule has 4 rings (SSSR count). The number of hydrogen-bond donors (Lipinski definition) is 4. The lowest BCUT2D eigenvalue weighted by molar-refractivity contribution is 0.756. The molecule has 144 valence electrons. The molecular formula is C25H24N4. The van der Waals surface area contributed by atoms with Gasteiger partial charge in [-0.05, 0) is 46.5 Å². The summed E-state index contributed by atoms with van der Waals surface area (Å²) in [5.74, 6) is 0. The van der Waals surface area contributed by atoms with Crippen LogP contribution in [-0.4, -0.2) is 0 Å². The molecule has 0 aliphatic carbocycles. The van der Waals surface area contributed by atoms with Crippen molar-refractivity contribution in [2.75, 3.05) is 22.9 Å². The standard InChI is InChI=1S/C25H24N4/c26-21-13-5-1-9-17(21)25(18-10-2-6-14-22(18)27,19-11-3-7-15-23(19)28)20-12-4-8-16-24(20)29/h1-16H,26-29H2. The monoisotopic (exact) mass is 380 g/mol. The zero-order chi connectivity index (χ0) is 20.4. The second-order valence-electron chi connectivity index (χ2n) is 7.10. The average molecular weight is 380 g/mol. The molecule has 0 saturated heterocycles. The minimum Gasteiger partial charge on any atom is -0.398 e. The van der Waals surface area contributed by atoms with E-state index in [-0.39, 0.29) is 0 Å². The van der Waals surface area contributed by atoms with Crippen LogP contribution in [0, 0.1) is 0 Å². The van der Waals surface area contributed by atoms with Crippen LogP contribution in [0.15, 0.2) is 97.1 Å². The van der Waals surface area contributed by atoms with Gasteiger partial charge in [0.15, 0.2) is 0 Å². The highest BCUT2D eigenvalue weighted by Gasteiger charge is 2.43. The average Bonchev–Trinajstić information content (AvgIpc) is 2.73. The van der Waals surface area contributed by atoms with E-state index in [2.05, 4.69) is 0 Å². The van der Waals surface area contributed by atoms with Gasteiger partial charge in [0, 0.05) is 22.7 Å². The third-order valence-electron chi connectivity index (χ3n) is 5.46. The first-order chi connectivity index (χ1) is 14.1. The Morgan fingerprint density at radius 2 is 0.552 bits per heavy atom. The number of para-hydroxylation sites is 4. The third-order valence-corrected chi connectivity index (χ3v) is 5.46. The molecule has 0 heterocycles. The molecule has 0 amide bonds. The van der Waals surface area contributed by atoms with E-state index in [9.17, 15) is 0 Å². The second-order valence-corrected chi connectivity index (χ2v) is 7.10. The van der Waals surface area contributed by atoms with Gasteiger partial charge in [0.2, 0.25) is 0 Å². The Balaban J connectivity index is 2.28. The van der Waals surface area contributed by atoms with Crippen molar-refractivity contribution in [1.82, 2.24) is 0 Å². The highest BCUT2D eigenvalue weighted by molar-refractivity contribution is 5.77. The van der Waals surface area contributed by atoms with Gasteiger partial charge in [-0.1, -0.05) is 72.8 Å². The maximum atomic E-state index is 6.55. The van der Waals surface area contributed by atoms with E-state index >= 15 is 0 Å². The number of anilines is 4. The van der Waals surface area contributed by atoms with Crippen LogP contribution in [0.3, 0.4) is 0 Å². The molecule has 0 saturated carbocycles. The summed E-state index contributed by atoms with van der Waals surface area (Å²) < 4.78 is 0. The van der Waals surface area contributed by atoms with Gasteiger partial charge in [-0.25, -0.2) is 0 Å². The molecule has 0 fully saturated rings. The minimum absolute atomic E-state index is 0.641. The van der Waals surface area contributed by atoms with Crippen molar-refractivity contribution in [1.29, 1.82) is 0 Å². The quantitative estimate of drug-likeness (QED) is 0.311. The first-order valence-electron chi connectivity index (χ1n) is 9.46. The third kappa shape index (κ3) is 2.86. The molecule has 4 nitrogen and oxygen atoms in total. The normalized spacial score (nSPS) is 11.3. The molecule has 8 N–H and O–H groups in total. The minimum atomic E-state index is -0.868. The lowest BCUT2D eigenvalue weighted by Crippen LogP contribution is -2.34. The molecule has 0 atom stereocenters. The Labute approximate surface area is 170 Å².